The van der Waals surface area contributed by atoms with E-state index in [-0.39, 0.29) is 5.91 Å². The molecule has 5 nitrogen and oxygen atoms in total. The topological polar surface area (TPSA) is 53.6 Å². The number of hydrogen-bond donors (Lipinski definition) is 2. The van der Waals surface area contributed by atoms with Gasteiger partial charge < -0.3 is 20.3 Å². The van der Waals surface area contributed by atoms with Crippen molar-refractivity contribution in [1.82, 2.24) is 10.6 Å². The van der Waals surface area contributed by atoms with Gasteiger partial charge in [0.25, 0.3) is 5.91 Å². The number of anilines is 1. The van der Waals surface area contributed by atoms with Crippen LogP contribution in [-0.4, -0.2) is 52.3 Å². The third-order valence-corrected chi connectivity index (χ3v) is 3.20. The van der Waals surface area contributed by atoms with E-state index < -0.39 is 0 Å². The maximum Gasteiger partial charge on any atom is 0.251 e. The van der Waals surface area contributed by atoms with Crippen molar-refractivity contribution in [1.29, 1.82) is 0 Å². The molecular formula is C14H21N3O2. The molecule has 0 aliphatic carbocycles. The second-order valence-electron chi connectivity index (χ2n) is 4.53. The molecule has 19 heavy (non-hydrogen) atoms. The van der Waals surface area contributed by atoms with Crippen molar-refractivity contribution < 1.29 is 9.53 Å². The zero-order valence-electron chi connectivity index (χ0n) is 11.3. The molecule has 1 fully saturated rings. The minimum absolute atomic E-state index is 0.0519. The molecule has 1 aliphatic rings. The maximum atomic E-state index is 11.8. The molecule has 1 aliphatic heterocycles. The molecule has 2 N–H and O–H groups in total. The van der Waals surface area contributed by atoms with Crippen molar-refractivity contribution in [3.05, 3.63) is 29.8 Å². The number of ether oxygens (including phenoxy) is 1. The summed E-state index contributed by atoms with van der Waals surface area (Å²) >= 11 is 0. The van der Waals surface area contributed by atoms with E-state index in [0.29, 0.717) is 18.7 Å². The highest BCUT2D eigenvalue weighted by Gasteiger charge is 2.11. The number of methoxy groups -OCH3 is 1. The predicted octanol–water partition coefficient (Wildman–Crippen LogP) is 0.472. The van der Waals surface area contributed by atoms with Crippen LogP contribution in [0.5, 0.6) is 0 Å². The summed E-state index contributed by atoms with van der Waals surface area (Å²) in [6.07, 6.45) is 0. The second-order valence-corrected chi connectivity index (χ2v) is 4.53. The van der Waals surface area contributed by atoms with Gasteiger partial charge in [-0.1, -0.05) is 0 Å². The first kappa shape index (κ1) is 13.8. The number of carbonyl (C=O) groups is 1. The summed E-state index contributed by atoms with van der Waals surface area (Å²) in [5.41, 5.74) is 1.87. The van der Waals surface area contributed by atoms with Gasteiger partial charge in [-0.15, -0.1) is 0 Å². The Morgan fingerprint density at radius 2 is 2.00 bits per heavy atom. The summed E-state index contributed by atoms with van der Waals surface area (Å²) in [5.74, 6) is -0.0519. The van der Waals surface area contributed by atoms with Gasteiger partial charge in [0, 0.05) is 51.1 Å². The van der Waals surface area contributed by atoms with Gasteiger partial charge in [0.15, 0.2) is 0 Å². The Labute approximate surface area is 113 Å². The summed E-state index contributed by atoms with van der Waals surface area (Å²) in [4.78, 5) is 14.1. The van der Waals surface area contributed by atoms with Gasteiger partial charge in [-0.2, -0.15) is 0 Å². The summed E-state index contributed by atoms with van der Waals surface area (Å²) in [6, 6.07) is 7.77. The predicted molar refractivity (Wildman–Crippen MR) is 75.7 cm³/mol. The Kier molecular flexibility index (Phi) is 5.18. The smallest absolute Gasteiger partial charge is 0.251 e. The molecule has 0 radical (unpaired) electrons. The molecular weight excluding hydrogens is 242 g/mol. The Balaban J connectivity index is 1.91. The fraction of sp³-hybridized carbons (Fsp3) is 0.500. The molecule has 1 amide bonds. The van der Waals surface area contributed by atoms with Crippen LogP contribution in [0.3, 0.4) is 0 Å². The van der Waals surface area contributed by atoms with E-state index in [1.807, 2.05) is 24.3 Å². The highest BCUT2D eigenvalue weighted by atomic mass is 16.5. The molecule has 104 valence electrons. The highest BCUT2D eigenvalue weighted by Crippen LogP contribution is 2.15. The Bertz CT molecular complexity index is 400. The first-order valence-electron chi connectivity index (χ1n) is 6.64. The molecule has 0 saturated carbocycles. The molecule has 0 spiro atoms. The highest BCUT2D eigenvalue weighted by molar-refractivity contribution is 5.94. The summed E-state index contributed by atoms with van der Waals surface area (Å²) < 4.78 is 4.90. The number of benzene rings is 1. The van der Waals surface area contributed by atoms with Gasteiger partial charge in [-0.3, -0.25) is 4.79 Å². The third-order valence-electron chi connectivity index (χ3n) is 3.20. The monoisotopic (exact) mass is 263 g/mol. The maximum absolute atomic E-state index is 11.8. The zero-order chi connectivity index (χ0) is 13.5. The van der Waals surface area contributed by atoms with Gasteiger partial charge in [-0.25, -0.2) is 0 Å². The van der Waals surface area contributed by atoms with Crippen molar-refractivity contribution in [3.8, 4) is 0 Å². The van der Waals surface area contributed by atoms with Crippen LogP contribution < -0.4 is 15.5 Å². The lowest BCUT2D eigenvalue weighted by atomic mass is 10.1. The van der Waals surface area contributed by atoms with Crippen molar-refractivity contribution in [3.63, 3.8) is 0 Å². The average Bonchev–Trinajstić information content (AvgIpc) is 2.48. The minimum atomic E-state index is -0.0519. The second kappa shape index (κ2) is 7.11. The third kappa shape index (κ3) is 3.94. The average molecular weight is 263 g/mol. The number of piperazine rings is 1. The molecule has 0 aromatic heterocycles. The van der Waals surface area contributed by atoms with Crippen LogP contribution >= 0.6 is 0 Å². The fourth-order valence-corrected chi connectivity index (χ4v) is 2.12. The number of nitrogens with zero attached hydrogens (tertiary/aromatic N) is 1. The van der Waals surface area contributed by atoms with Crippen LogP contribution in [0, 0.1) is 0 Å². The molecule has 0 bridgehead atoms. The number of nitrogens with one attached hydrogen (secondary N) is 2. The van der Waals surface area contributed by atoms with E-state index >= 15 is 0 Å². The minimum Gasteiger partial charge on any atom is -0.383 e. The molecule has 2 rings (SSSR count). The molecule has 1 saturated heterocycles. The molecule has 0 atom stereocenters. The van der Waals surface area contributed by atoms with Gasteiger partial charge in [-0.05, 0) is 24.3 Å². The van der Waals surface area contributed by atoms with Crippen LogP contribution in [0.15, 0.2) is 24.3 Å². The van der Waals surface area contributed by atoms with E-state index in [1.165, 1.54) is 5.69 Å². The molecule has 1 heterocycles. The lowest BCUT2D eigenvalue weighted by Gasteiger charge is -2.29. The van der Waals surface area contributed by atoms with Crippen molar-refractivity contribution >= 4 is 11.6 Å². The summed E-state index contributed by atoms with van der Waals surface area (Å²) in [7, 11) is 1.62. The van der Waals surface area contributed by atoms with E-state index in [1.54, 1.807) is 7.11 Å². The van der Waals surface area contributed by atoms with Gasteiger partial charge in [0.05, 0.1) is 6.61 Å². The normalized spacial score (nSPS) is 15.3. The first-order chi connectivity index (χ1) is 9.31. The van der Waals surface area contributed by atoms with Crippen molar-refractivity contribution in [2.45, 2.75) is 0 Å². The zero-order valence-corrected chi connectivity index (χ0v) is 11.3. The van der Waals surface area contributed by atoms with Crippen LogP contribution in [0.2, 0.25) is 0 Å². The number of amides is 1. The quantitative estimate of drug-likeness (QED) is 0.758. The fourth-order valence-electron chi connectivity index (χ4n) is 2.12. The van der Waals surface area contributed by atoms with Crippen LogP contribution in [0.1, 0.15) is 10.4 Å². The van der Waals surface area contributed by atoms with Crippen LogP contribution in [0.25, 0.3) is 0 Å². The SMILES string of the molecule is COCCNC(=O)c1ccc(N2CCNCC2)cc1. The van der Waals surface area contributed by atoms with Crippen LogP contribution in [-0.2, 0) is 4.74 Å². The Morgan fingerprint density at radius 1 is 1.32 bits per heavy atom. The molecule has 5 heteroatoms. The van der Waals surface area contributed by atoms with E-state index in [2.05, 4.69) is 15.5 Å². The van der Waals surface area contributed by atoms with Gasteiger partial charge in [0.2, 0.25) is 0 Å². The lowest BCUT2D eigenvalue weighted by molar-refractivity contribution is 0.0937. The molecule has 1 aromatic rings. The van der Waals surface area contributed by atoms with Gasteiger partial charge in [0.1, 0.15) is 0 Å². The number of hydrogen-bond acceptors (Lipinski definition) is 4. The molecule has 0 unspecified atom stereocenters. The Morgan fingerprint density at radius 3 is 2.63 bits per heavy atom. The van der Waals surface area contributed by atoms with E-state index in [4.69, 9.17) is 4.74 Å². The van der Waals surface area contributed by atoms with E-state index in [0.717, 1.165) is 26.2 Å². The molecule has 1 aromatic carbocycles. The van der Waals surface area contributed by atoms with E-state index in [9.17, 15) is 4.79 Å². The number of rotatable bonds is 5. The van der Waals surface area contributed by atoms with Crippen molar-refractivity contribution in [2.24, 2.45) is 0 Å². The van der Waals surface area contributed by atoms with Crippen molar-refractivity contribution in [2.75, 3.05) is 51.3 Å². The summed E-state index contributed by atoms with van der Waals surface area (Å²) in [5, 5.41) is 6.14. The van der Waals surface area contributed by atoms with Gasteiger partial charge >= 0.3 is 0 Å². The standard InChI is InChI=1S/C14H21N3O2/c1-19-11-8-16-14(18)12-2-4-13(5-3-12)17-9-6-15-7-10-17/h2-5,15H,6-11H2,1H3,(H,16,18). The lowest BCUT2D eigenvalue weighted by Crippen LogP contribution is -2.43. The number of carbonyl (C=O) groups excluding carboxylic acids is 1. The Hall–Kier alpha value is -1.59. The summed E-state index contributed by atoms with van der Waals surface area (Å²) in [6.45, 7) is 5.12. The van der Waals surface area contributed by atoms with Crippen LogP contribution in [0.4, 0.5) is 5.69 Å². The first-order valence-corrected chi connectivity index (χ1v) is 6.64. The largest absolute Gasteiger partial charge is 0.383 e.